The first kappa shape index (κ1) is 27.2. The predicted octanol–water partition coefficient (Wildman–Crippen LogP) is 5.84. The molecule has 0 aliphatic heterocycles. The molecule has 0 spiro atoms. The molecule has 2 aromatic heterocycles. The van der Waals surface area contributed by atoms with Crippen molar-refractivity contribution in [2.45, 2.75) is 50.2 Å². The Bertz CT molecular complexity index is 1620. The summed E-state index contributed by atoms with van der Waals surface area (Å²) in [5.41, 5.74) is 0.270. The molecule has 1 N–H and O–H groups in total. The van der Waals surface area contributed by atoms with Crippen molar-refractivity contribution in [2.24, 2.45) is 0 Å². The van der Waals surface area contributed by atoms with Gasteiger partial charge in [0.15, 0.2) is 5.82 Å². The molecule has 2 heterocycles. The number of aromatic nitrogens is 3. The maximum Gasteiger partial charge on any atom is 0.327 e. The lowest BCUT2D eigenvalue weighted by molar-refractivity contribution is -0.152. The summed E-state index contributed by atoms with van der Waals surface area (Å²) in [7, 11) is -4.25. The minimum atomic E-state index is -4.25. The van der Waals surface area contributed by atoms with Gasteiger partial charge in [0.05, 0.1) is 16.1 Å². The van der Waals surface area contributed by atoms with Crippen molar-refractivity contribution >= 4 is 61.6 Å². The summed E-state index contributed by atoms with van der Waals surface area (Å²) in [6.45, 7) is 4.60. The first-order chi connectivity index (χ1) is 18.4. The standard InChI is InChI=1S/C27H27Cl2N5O4S/c1-27(2,3)38-26(35)16-34(39(36,37)22-14-18(28)13-19(29)15-22)21-6-7-23-17(12-21)10-11-33(23)25-9-8-24(31-32-25)30-20-4-5-20/h6-15,20H,4-5,16H2,1-3H3,(H,30,31). The number of hydrogen-bond acceptors (Lipinski definition) is 7. The first-order valence-electron chi connectivity index (χ1n) is 12.3. The summed E-state index contributed by atoms with van der Waals surface area (Å²) >= 11 is 12.2. The molecule has 0 amide bonds. The Morgan fingerprint density at radius 1 is 1.05 bits per heavy atom. The zero-order valence-electron chi connectivity index (χ0n) is 21.6. The van der Waals surface area contributed by atoms with E-state index in [1.807, 2.05) is 29.0 Å². The summed E-state index contributed by atoms with van der Waals surface area (Å²) in [6.07, 6.45) is 4.11. The number of benzene rings is 2. The molecule has 1 aliphatic rings. The zero-order valence-corrected chi connectivity index (χ0v) is 23.9. The smallest absolute Gasteiger partial charge is 0.327 e. The predicted molar refractivity (Wildman–Crippen MR) is 152 cm³/mol. The van der Waals surface area contributed by atoms with Crippen LogP contribution in [0.3, 0.4) is 0 Å². The molecule has 5 rings (SSSR count). The highest BCUT2D eigenvalue weighted by atomic mass is 35.5. The Kier molecular flexibility index (Phi) is 7.21. The molecule has 39 heavy (non-hydrogen) atoms. The maximum atomic E-state index is 13.8. The minimum Gasteiger partial charge on any atom is -0.459 e. The minimum absolute atomic E-state index is 0.142. The van der Waals surface area contributed by atoms with Crippen LogP contribution in [0.25, 0.3) is 16.7 Å². The molecule has 1 fully saturated rings. The SMILES string of the molecule is CC(C)(C)OC(=O)CN(c1ccc2c(ccn2-c2ccc(NC3CC3)nn2)c1)S(=O)(=O)c1cc(Cl)cc(Cl)c1. The van der Waals surface area contributed by atoms with Crippen LogP contribution < -0.4 is 9.62 Å². The van der Waals surface area contributed by atoms with Gasteiger partial charge in [-0.15, -0.1) is 10.2 Å². The van der Waals surface area contributed by atoms with E-state index in [1.54, 1.807) is 39.0 Å². The number of nitrogens with one attached hydrogen (secondary N) is 1. The van der Waals surface area contributed by atoms with Crippen LogP contribution >= 0.6 is 23.2 Å². The summed E-state index contributed by atoms with van der Waals surface area (Å²) in [5.74, 6) is 0.641. The summed E-state index contributed by atoms with van der Waals surface area (Å²) < 4.78 is 35.9. The fourth-order valence-electron chi connectivity index (χ4n) is 4.06. The van der Waals surface area contributed by atoms with Crippen LogP contribution in [0.5, 0.6) is 0 Å². The van der Waals surface area contributed by atoms with Crippen molar-refractivity contribution in [1.29, 1.82) is 0 Å². The third kappa shape index (κ3) is 6.29. The van der Waals surface area contributed by atoms with Gasteiger partial charge < -0.3 is 10.1 Å². The van der Waals surface area contributed by atoms with E-state index < -0.39 is 28.1 Å². The van der Waals surface area contributed by atoms with Crippen LogP contribution in [0.4, 0.5) is 11.5 Å². The molecular formula is C27H27Cl2N5O4S. The van der Waals surface area contributed by atoms with Gasteiger partial charge in [-0.05, 0) is 88.2 Å². The average molecular weight is 589 g/mol. The summed E-state index contributed by atoms with van der Waals surface area (Å²) in [4.78, 5) is 12.7. The van der Waals surface area contributed by atoms with Gasteiger partial charge >= 0.3 is 5.97 Å². The van der Waals surface area contributed by atoms with Crippen LogP contribution in [-0.4, -0.2) is 47.3 Å². The fourth-order valence-corrected chi connectivity index (χ4v) is 6.19. The van der Waals surface area contributed by atoms with Gasteiger partial charge in [-0.3, -0.25) is 13.7 Å². The van der Waals surface area contributed by atoms with Crippen LogP contribution in [0.15, 0.2) is 65.7 Å². The lowest BCUT2D eigenvalue weighted by atomic mass is 10.2. The molecule has 12 heteroatoms. The van der Waals surface area contributed by atoms with Crippen molar-refractivity contribution in [3.8, 4) is 5.82 Å². The third-order valence-electron chi connectivity index (χ3n) is 5.91. The van der Waals surface area contributed by atoms with E-state index in [9.17, 15) is 13.2 Å². The van der Waals surface area contributed by atoms with Crippen LogP contribution in [0.1, 0.15) is 33.6 Å². The molecule has 0 unspecified atom stereocenters. The van der Waals surface area contributed by atoms with Crippen molar-refractivity contribution < 1.29 is 17.9 Å². The molecular weight excluding hydrogens is 561 g/mol. The van der Waals surface area contributed by atoms with Gasteiger partial charge in [-0.2, -0.15) is 0 Å². The number of hydrogen-bond donors (Lipinski definition) is 1. The molecule has 9 nitrogen and oxygen atoms in total. The number of carbonyl (C=O) groups is 1. The van der Waals surface area contributed by atoms with Gasteiger partial charge in [-0.1, -0.05) is 23.2 Å². The molecule has 4 aromatic rings. The lowest BCUT2D eigenvalue weighted by Gasteiger charge is -2.26. The molecule has 2 aromatic carbocycles. The van der Waals surface area contributed by atoms with Gasteiger partial charge in [0, 0.05) is 27.7 Å². The number of sulfonamides is 1. The maximum absolute atomic E-state index is 13.8. The number of esters is 1. The van der Waals surface area contributed by atoms with Gasteiger partial charge in [0.25, 0.3) is 10.0 Å². The van der Waals surface area contributed by atoms with Gasteiger partial charge in [0.1, 0.15) is 18.0 Å². The summed E-state index contributed by atoms with van der Waals surface area (Å²) in [5, 5.41) is 13.0. The largest absolute Gasteiger partial charge is 0.459 e. The normalized spacial score (nSPS) is 13.9. The number of rotatable bonds is 8. The number of ether oxygens (including phenoxy) is 1. The molecule has 0 bridgehead atoms. The van der Waals surface area contributed by atoms with E-state index in [4.69, 9.17) is 27.9 Å². The van der Waals surface area contributed by atoms with Crippen LogP contribution in [-0.2, 0) is 19.6 Å². The molecule has 0 atom stereocenters. The van der Waals surface area contributed by atoms with Crippen molar-refractivity contribution in [2.75, 3.05) is 16.2 Å². The second-order valence-electron chi connectivity index (χ2n) is 10.3. The molecule has 1 aliphatic carbocycles. The van der Waals surface area contributed by atoms with E-state index in [0.29, 0.717) is 11.9 Å². The van der Waals surface area contributed by atoms with Gasteiger partial charge in [0.2, 0.25) is 0 Å². The molecule has 204 valence electrons. The number of nitrogens with zero attached hydrogens (tertiary/aromatic N) is 4. The highest BCUT2D eigenvalue weighted by Gasteiger charge is 2.30. The Morgan fingerprint density at radius 2 is 1.77 bits per heavy atom. The Labute approximate surface area is 236 Å². The number of anilines is 2. The van der Waals surface area contributed by atoms with Crippen molar-refractivity contribution in [3.05, 3.63) is 70.8 Å². The van der Waals surface area contributed by atoms with Crippen molar-refractivity contribution in [3.63, 3.8) is 0 Å². The highest BCUT2D eigenvalue weighted by molar-refractivity contribution is 7.92. The summed E-state index contributed by atoms with van der Waals surface area (Å²) in [6, 6.07) is 15.2. The lowest BCUT2D eigenvalue weighted by Crippen LogP contribution is -2.39. The Balaban J connectivity index is 1.51. The Morgan fingerprint density at radius 3 is 2.38 bits per heavy atom. The van der Waals surface area contributed by atoms with E-state index >= 15 is 0 Å². The fraction of sp³-hybridized carbons (Fsp3) is 0.296. The van der Waals surface area contributed by atoms with E-state index in [0.717, 1.165) is 33.9 Å². The zero-order chi connectivity index (χ0) is 27.9. The van der Waals surface area contributed by atoms with E-state index in [1.165, 1.54) is 18.2 Å². The number of halogens is 2. The monoisotopic (exact) mass is 587 g/mol. The Hall–Kier alpha value is -3.34. The van der Waals surface area contributed by atoms with Crippen LogP contribution in [0, 0.1) is 0 Å². The molecule has 1 saturated carbocycles. The van der Waals surface area contributed by atoms with Gasteiger partial charge in [-0.25, -0.2) is 8.42 Å². The second-order valence-corrected chi connectivity index (χ2v) is 13.1. The third-order valence-corrected chi connectivity index (χ3v) is 8.09. The second kappa shape index (κ2) is 10.3. The molecule has 0 saturated heterocycles. The topological polar surface area (TPSA) is 106 Å². The average Bonchev–Trinajstić information content (AvgIpc) is 3.56. The highest BCUT2D eigenvalue weighted by Crippen LogP contribution is 2.31. The first-order valence-corrected chi connectivity index (χ1v) is 14.5. The quantitative estimate of drug-likeness (QED) is 0.258. The van der Waals surface area contributed by atoms with Crippen LogP contribution in [0.2, 0.25) is 10.0 Å². The number of carbonyl (C=O) groups excluding carboxylic acids is 1. The van der Waals surface area contributed by atoms with Crippen molar-refractivity contribution in [1.82, 2.24) is 14.8 Å². The van der Waals surface area contributed by atoms with E-state index in [-0.39, 0.29) is 20.6 Å². The van der Waals surface area contributed by atoms with E-state index in [2.05, 4.69) is 15.5 Å². The molecule has 0 radical (unpaired) electrons. The number of fused-ring (bicyclic) bond motifs is 1.